The van der Waals surface area contributed by atoms with E-state index in [0.29, 0.717) is 15.6 Å². The second kappa shape index (κ2) is 8.96. The lowest BCUT2D eigenvalue weighted by molar-refractivity contribution is -0.137. The molecule has 0 aliphatic carbocycles. The Morgan fingerprint density at radius 1 is 0.909 bits per heavy atom. The first kappa shape index (κ1) is 22.9. The number of rotatable bonds is 5. The first-order valence-corrected chi connectivity index (χ1v) is 10.9. The Labute approximate surface area is 197 Å². The summed E-state index contributed by atoms with van der Waals surface area (Å²) in [5, 5.41) is 3.48. The number of hydrogen-bond acceptors (Lipinski definition) is 4. The molecular formula is C24H16ClF3N2O2S. The molecule has 4 nitrogen and oxygen atoms in total. The molecule has 0 bridgehead atoms. The zero-order chi connectivity index (χ0) is 23.8. The van der Waals surface area contributed by atoms with E-state index < -0.39 is 23.6 Å². The van der Waals surface area contributed by atoms with Crippen molar-refractivity contribution in [1.82, 2.24) is 0 Å². The van der Waals surface area contributed by atoms with Gasteiger partial charge in [0.2, 0.25) is 0 Å². The van der Waals surface area contributed by atoms with Crippen LogP contribution in [0.1, 0.15) is 11.1 Å². The van der Waals surface area contributed by atoms with Gasteiger partial charge in [-0.2, -0.15) is 13.2 Å². The molecule has 0 unspecified atom stereocenters. The predicted molar refractivity (Wildman–Crippen MR) is 123 cm³/mol. The predicted octanol–water partition coefficient (Wildman–Crippen LogP) is 6.66. The lowest BCUT2D eigenvalue weighted by Gasteiger charge is -2.17. The molecule has 1 N–H and O–H groups in total. The fourth-order valence-corrected chi connectivity index (χ4v) is 4.22. The van der Waals surface area contributed by atoms with Gasteiger partial charge in [-0.3, -0.25) is 9.59 Å². The number of hydrogen-bond donors (Lipinski definition) is 1. The third-order valence-corrected chi connectivity index (χ3v) is 6.17. The van der Waals surface area contributed by atoms with Crippen molar-refractivity contribution in [2.45, 2.75) is 18.0 Å². The number of anilines is 2. The number of carbonyl (C=O) groups is 2. The van der Waals surface area contributed by atoms with Crippen LogP contribution in [0.3, 0.4) is 0 Å². The van der Waals surface area contributed by atoms with E-state index in [9.17, 15) is 22.8 Å². The third kappa shape index (κ3) is 4.91. The maximum atomic E-state index is 13.3. The van der Waals surface area contributed by atoms with E-state index in [1.165, 1.54) is 6.07 Å². The molecule has 0 radical (unpaired) electrons. The van der Waals surface area contributed by atoms with Crippen molar-refractivity contribution in [3.8, 4) is 0 Å². The van der Waals surface area contributed by atoms with Crippen molar-refractivity contribution in [3.63, 3.8) is 0 Å². The molecule has 0 saturated heterocycles. The number of amides is 2. The summed E-state index contributed by atoms with van der Waals surface area (Å²) in [6.45, 7) is 1.91. The molecule has 33 heavy (non-hydrogen) atoms. The van der Waals surface area contributed by atoms with Crippen LogP contribution in [-0.2, 0) is 15.8 Å². The zero-order valence-electron chi connectivity index (χ0n) is 17.1. The first-order chi connectivity index (χ1) is 15.6. The molecular weight excluding hydrogens is 473 g/mol. The number of halogens is 4. The SMILES string of the molecule is Cc1ccc(NC2=C(Sc3ccc(Cl)cc3)C(=O)N(c3cccc(C(F)(F)F)c3)C2=O)cc1. The lowest BCUT2D eigenvalue weighted by Crippen LogP contribution is -2.32. The van der Waals surface area contributed by atoms with Crippen molar-refractivity contribution in [2.24, 2.45) is 0 Å². The highest BCUT2D eigenvalue weighted by Crippen LogP contribution is 2.39. The summed E-state index contributed by atoms with van der Waals surface area (Å²) in [5.41, 5.74) is 0.449. The molecule has 4 rings (SSSR count). The van der Waals surface area contributed by atoms with Crippen LogP contribution in [0.2, 0.25) is 5.02 Å². The van der Waals surface area contributed by atoms with Crippen LogP contribution >= 0.6 is 23.4 Å². The van der Waals surface area contributed by atoms with Gasteiger partial charge in [-0.1, -0.05) is 47.1 Å². The average molecular weight is 489 g/mol. The Morgan fingerprint density at radius 3 is 2.21 bits per heavy atom. The summed E-state index contributed by atoms with van der Waals surface area (Å²) < 4.78 is 39.6. The van der Waals surface area contributed by atoms with Gasteiger partial charge in [0.1, 0.15) is 10.6 Å². The number of benzene rings is 3. The second-order valence-electron chi connectivity index (χ2n) is 7.24. The molecule has 0 fully saturated rings. The maximum Gasteiger partial charge on any atom is 0.416 e. The summed E-state index contributed by atoms with van der Waals surface area (Å²) >= 11 is 6.96. The van der Waals surface area contributed by atoms with Crippen molar-refractivity contribution >= 4 is 46.6 Å². The topological polar surface area (TPSA) is 49.4 Å². The van der Waals surface area contributed by atoms with Crippen LogP contribution in [-0.4, -0.2) is 11.8 Å². The minimum absolute atomic E-state index is 0.0128. The second-order valence-corrected chi connectivity index (χ2v) is 8.77. The summed E-state index contributed by atoms with van der Waals surface area (Å²) in [5.74, 6) is -1.45. The van der Waals surface area contributed by atoms with Crippen LogP contribution in [0.4, 0.5) is 24.5 Å². The van der Waals surface area contributed by atoms with Crippen molar-refractivity contribution < 1.29 is 22.8 Å². The Kier molecular flexibility index (Phi) is 6.23. The van der Waals surface area contributed by atoms with E-state index in [2.05, 4.69) is 5.32 Å². The van der Waals surface area contributed by atoms with Gasteiger partial charge in [0.05, 0.1) is 11.3 Å². The van der Waals surface area contributed by atoms with E-state index in [4.69, 9.17) is 11.6 Å². The van der Waals surface area contributed by atoms with Crippen molar-refractivity contribution in [2.75, 3.05) is 10.2 Å². The highest BCUT2D eigenvalue weighted by atomic mass is 35.5. The van der Waals surface area contributed by atoms with Gasteiger partial charge >= 0.3 is 6.18 Å². The zero-order valence-corrected chi connectivity index (χ0v) is 18.7. The van der Waals surface area contributed by atoms with E-state index >= 15 is 0 Å². The average Bonchev–Trinajstić information content (AvgIpc) is 3.00. The number of alkyl halides is 3. The molecule has 1 aliphatic rings. The summed E-state index contributed by atoms with van der Waals surface area (Å²) in [6.07, 6.45) is -4.61. The number of nitrogens with one attached hydrogen (secondary N) is 1. The van der Waals surface area contributed by atoms with Gasteiger partial charge in [0, 0.05) is 15.6 Å². The monoisotopic (exact) mass is 488 g/mol. The molecule has 0 aromatic heterocycles. The maximum absolute atomic E-state index is 13.3. The minimum atomic E-state index is -4.61. The van der Waals surface area contributed by atoms with Gasteiger partial charge < -0.3 is 5.32 Å². The van der Waals surface area contributed by atoms with E-state index in [1.807, 2.05) is 19.1 Å². The minimum Gasteiger partial charge on any atom is -0.350 e. The highest BCUT2D eigenvalue weighted by Gasteiger charge is 2.41. The molecule has 0 atom stereocenters. The Hall–Kier alpha value is -3.23. The van der Waals surface area contributed by atoms with Crippen LogP contribution < -0.4 is 10.2 Å². The van der Waals surface area contributed by atoms with Gasteiger partial charge in [0.25, 0.3) is 11.8 Å². The van der Waals surface area contributed by atoms with E-state index in [-0.39, 0.29) is 16.3 Å². The van der Waals surface area contributed by atoms with Gasteiger partial charge in [0.15, 0.2) is 0 Å². The van der Waals surface area contributed by atoms with Crippen molar-refractivity contribution in [3.05, 3.63) is 99.5 Å². The Balaban J connectivity index is 1.75. The quantitative estimate of drug-likeness (QED) is 0.408. The van der Waals surface area contributed by atoms with Gasteiger partial charge in [-0.25, -0.2) is 4.90 Å². The van der Waals surface area contributed by atoms with Crippen molar-refractivity contribution in [1.29, 1.82) is 0 Å². The van der Waals surface area contributed by atoms with Gasteiger partial charge in [-0.05, 0) is 61.5 Å². The largest absolute Gasteiger partial charge is 0.416 e. The molecule has 0 saturated carbocycles. The van der Waals surface area contributed by atoms with E-state index in [1.54, 1.807) is 36.4 Å². The molecule has 1 aliphatic heterocycles. The molecule has 2 amide bonds. The molecule has 3 aromatic carbocycles. The van der Waals surface area contributed by atoms with Crippen LogP contribution in [0, 0.1) is 6.92 Å². The number of thioether (sulfide) groups is 1. The highest BCUT2D eigenvalue weighted by molar-refractivity contribution is 8.04. The molecule has 0 spiro atoms. The molecule has 9 heteroatoms. The Bertz CT molecular complexity index is 1190. The molecule has 168 valence electrons. The number of aryl methyl sites for hydroxylation is 1. The Morgan fingerprint density at radius 2 is 1.58 bits per heavy atom. The van der Waals surface area contributed by atoms with Crippen LogP contribution in [0.15, 0.2) is 88.3 Å². The fraction of sp³-hybridized carbons (Fsp3) is 0.0833. The fourth-order valence-electron chi connectivity index (χ4n) is 3.17. The molecule has 1 heterocycles. The first-order valence-electron chi connectivity index (χ1n) is 9.71. The summed E-state index contributed by atoms with van der Waals surface area (Å²) in [7, 11) is 0. The lowest BCUT2D eigenvalue weighted by atomic mass is 10.2. The van der Waals surface area contributed by atoms with Crippen LogP contribution in [0.5, 0.6) is 0 Å². The number of imide groups is 1. The normalized spacial score (nSPS) is 14.3. The molecule has 3 aromatic rings. The summed E-state index contributed by atoms with van der Waals surface area (Å²) in [4.78, 5) is 28.0. The number of carbonyl (C=O) groups excluding carboxylic acids is 2. The standard InChI is InChI=1S/C24H16ClF3N2O2S/c1-14-5-9-17(10-6-14)29-20-21(33-19-11-7-16(25)8-12-19)23(32)30(22(20)31)18-4-2-3-15(13-18)24(26,27)28/h2-13,29H,1H3. The third-order valence-electron chi connectivity index (χ3n) is 4.83. The summed E-state index contributed by atoms with van der Waals surface area (Å²) in [6, 6.07) is 18.0. The van der Waals surface area contributed by atoms with E-state index in [0.717, 1.165) is 40.4 Å². The smallest absolute Gasteiger partial charge is 0.350 e. The number of nitrogens with zero attached hydrogens (tertiary/aromatic N) is 1. The van der Waals surface area contributed by atoms with Crippen LogP contribution in [0.25, 0.3) is 0 Å². The van der Waals surface area contributed by atoms with Gasteiger partial charge in [-0.15, -0.1) is 0 Å².